The van der Waals surface area contributed by atoms with Gasteiger partial charge in [-0.25, -0.2) is 0 Å². The molecule has 0 unspecified atom stereocenters. The number of nitrogens with zero attached hydrogens (tertiary/aromatic N) is 1. The molecule has 0 fully saturated rings. The van der Waals surface area contributed by atoms with Gasteiger partial charge in [0.25, 0.3) is 0 Å². The molecule has 20 heavy (non-hydrogen) atoms. The van der Waals surface area contributed by atoms with E-state index in [1.54, 1.807) is 20.3 Å². The minimum Gasteiger partial charge on any atom is -0.497 e. The summed E-state index contributed by atoms with van der Waals surface area (Å²) in [6, 6.07) is 3.65. The van der Waals surface area contributed by atoms with Gasteiger partial charge in [0, 0.05) is 37.0 Å². The van der Waals surface area contributed by atoms with E-state index in [1.165, 1.54) is 6.92 Å². The zero-order valence-electron chi connectivity index (χ0n) is 12.0. The van der Waals surface area contributed by atoms with E-state index in [2.05, 4.69) is 0 Å². The minimum atomic E-state index is -0.0128. The maximum absolute atomic E-state index is 11.8. The smallest absolute Gasteiger partial charge is 0.162 e. The molecule has 1 N–H and O–H groups in total. The Morgan fingerprint density at radius 3 is 2.60 bits per heavy atom. The van der Waals surface area contributed by atoms with Crippen LogP contribution >= 0.6 is 0 Å². The molecule has 2 aromatic rings. The molecular formula is C15H19NO4. The first-order chi connectivity index (χ1) is 9.62. The van der Waals surface area contributed by atoms with Gasteiger partial charge < -0.3 is 19.1 Å². The number of rotatable bonds is 6. The lowest BCUT2D eigenvalue weighted by atomic mass is 10.1. The van der Waals surface area contributed by atoms with E-state index in [1.807, 2.05) is 16.8 Å². The topological polar surface area (TPSA) is 60.7 Å². The van der Waals surface area contributed by atoms with Crippen LogP contribution in [0.25, 0.3) is 10.9 Å². The number of carbonyl (C=O) groups excluding carboxylic acids is 1. The average Bonchev–Trinajstić information content (AvgIpc) is 2.83. The van der Waals surface area contributed by atoms with Crippen LogP contribution in [0.4, 0.5) is 0 Å². The number of methoxy groups -OCH3 is 2. The normalized spacial score (nSPS) is 10.8. The van der Waals surface area contributed by atoms with E-state index < -0.39 is 0 Å². The van der Waals surface area contributed by atoms with Gasteiger partial charge >= 0.3 is 0 Å². The third kappa shape index (κ3) is 2.49. The van der Waals surface area contributed by atoms with Crippen LogP contribution in [0.1, 0.15) is 23.7 Å². The van der Waals surface area contributed by atoms with E-state index in [9.17, 15) is 4.79 Å². The Morgan fingerprint density at radius 2 is 2.05 bits per heavy atom. The maximum atomic E-state index is 11.8. The van der Waals surface area contributed by atoms with E-state index in [4.69, 9.17) is 14.6 Å². The Morgan fingerprint density at radius 1 is 1.30 bits per heavy atom. The summed E-state index contributed by atoms with van der Waals surface area (Å²) in [6.07, 6.45) is 2.44. The van der Waals surface area contributed by atoms with E-state index in [0.717, 1.165) is 10.9 Å². The Balaban J connectivity index is 2.71. The lowest BCUT2D eigenvalue weighted by Gasteiger charge is -2.09. The van der Waals surface area contributed by atoms with Crippen LogP contribution < -0.4 is 9.47 Å². The van der Waals surface area contributed by atoms with Gasteiger partial charge in [0.2, 0.25) is 0 Å². The molecular weight excluding hydrogens is 258 g/mol. The molecule has 0 saturated carbocycles. The highest BCUT2D eigenvalue weighted by molar-refractivity contribution is 6.09. The summed E-state index contributed by atoms with van der Waals surface area (Å²) >= 11 is 0. The Kier molecular flexibility index (Phi) is 4.29. The summed E-state index contributed by atoms with van der Waals surface area (Å²) in [5.41, 5.74) is 1.50. The summed E-state index contributed by atoms with van der Waals surface area (Å²) < 4.78 is 12.6. The number of benzene rings is 1. The molecule has 2 rings (SSSR count). The number of aliphatic hydroxyl groups is 1. The fraction of sp³-hybridized carbons (Fsp3) is 0.400. The SMILES string of the molecule is COc1cc(OC)c2c(C(C)=O)cn(CCCO)c2c1. The quantitative estimate of drug-likeness (QED) is 0.823. The van der Waals surface area contributed by atoms with Gasteiger partial charge in [0.05, 0.1) is 25.1 Å². The van der Waals surface area contributed by atoms with Gasteiger partial charge in [-0.05, 0) is 13.3 Å². The van der Waals surface area contributed by atoms with Crippen LogP contribution in [0.3, 0.4) is 0 Å². The van der Waals surface area contributed by atoms with E-state index in [0.29, 0.717) is 30.0 Å². The molecule has 0 aliphatic carbocycles. The number of ketones is 1. The van der Waals surface area contributed by atoms with Crippen molar-refractivity contribution in [2.75, 3.05) is 20.8 Å². The Bertz CT molecular complexity index is 630. The average molecular weight is 277 g/mol. The fourth-order valence-electron chi connectivity index (χ4n) is 2.34. The highest BCUT2D eigenvalue weighted by Crippen LogP contribution is 2.35. The molecule has 1 aromatic carbocycles. The number of hydrogen-bond acceptors (Lipinski definition) is 4. The summed E-state index contributed by atoms with van der Waals surface area (Å²) in [6.45, 7) is 2.28. The number of carbonyl (C=O) groups is 1. The van der Waals surface area contributed by atoms with Crippen LogP contribution in [0, 0.1) is 0 Å². The number of fused-ring (bicyclic) bond motifs is 1. The number of ether oxygens (including phenoxy) is 2. The summed E-state index contributed by atoms with van der Waals surface area (Å²) in [4.78, 5) is 11.8. The molecule has 0 radical (unpaired) electrons. The fourth-order valence-corrected chi connectivity index (χ4v) is 2.34. The van der Waals surface area contributed by atoms with Gasteiger partial charge in [-0.2, -0.15) is 0 Å². The highest BCUT2D eigenvalue weighted by atomic mass is 16.5. The third-order valence-corrected chi connectivity index (χ3v) is 3.31. The van der Waals surface area contributed by atoms with Crippen LogP contribution in [0.5, 0.6) is 11.5 Å². The van der Waals surface area contributed by atoms with Gasteiger partial charge in [0.15, 0.2) is 5.78 Å². The predicted octanol–water partition coefficient (Wildman–Crippen LogP) is 2.24. The molecule has 0 atom stereocenters. The number of aryl methyl sites for hydroxylation is 1. The van der Waals surface area contributed by atoms with Crippen LogP contribution in [0.2, 0.25) is 0 Å². The summed E-state index contributed by atoms with van der Waals surface area (Å²) in [5, 5.41) is 9.78. The standard InChI is InChI=1S/C15H19NO4/c1-10(18)12-9-16(5-4-6-17)13-7-11(19-2)8-14(20-3)15(12)13/h7-9,17H,4-6H2,1-3H3. The molecule has 0 aliphatic rings. The zero-order chi connectivity index (χ0) is 14.7. The molecule has 1 heterocycles. The van der Waals surface area contributed by atoms with Crippen molar-refractivity contribution in [3.05, 3.63) is 23.9 Å². The molecule has 108 valence electrons. The Labute approximate surface area is 117 Å². The molecule has 5 heteroatoms. The second-order valence-electron chi connectivity index (χ2n) is 4.59. The van der Waals surface area contributed by atoms with Crippen molar-refractivity contribution in [3.8, 4) is 11.5 Å². The maximum Gasteiger partial charge on any atom is 0.162 e. The summed E-state index contributed by atoms with van der Waals surface area (Å²) in [7, 11) is 3.16. The van der Waals surface area contributed by atoms with E-state index in [-0.39, 0.29) is 12.4 Å². The number of hydrogen-bond donors (Lipinski definition) is 1. The van der Waals surface area contributed by atoms with Crippen molar-refractivity contribution in [1.82, 2.24) is 4.57 Å². The second kappa shape index (κ2) is 5.96. The first-order valence-corrected chi connectivity index (χ1v) is 6.49. The van der Waals surface area contributed by atoms with Crippen LogP contribution in [-0.2, 0) is 6.54 Å². The second-order valence-corrected chi connectivity index (χ2v) is 4.59. The Hall–Kier alpha value is -2.01. The third-order valence-electron chi connectivity index (χ3n) is 3.31. The first kappa shape index (κ1) is 14.4. The van der Waals surface area contributed by atoms with Crippen molar-refractivity contribution >= 4 is 16.7 Å². The molecule has 0 amide bonds. The van der Waals surface area contributed by atoms with Crippen molar-refractivity contribution < 1.29 is 19.4 Å². The first-order valence-electron chi connectivity index (χ1n) is 6.49. The molecule has 1 aromatic heterocycles. The largest absolute Gasteiger partial charge is 0.497 e. The van der Waals surface area contributed by atoms with E-state index >= 15 is 0 Å². The van der Waals surface area contributed by atoms with Crippen LogP contribution in [-0.4, -0.2) is 36.3 Å². The molecule has 5 nitrogen and oxygen atoms in total. The number of aromatic nitrogens is 1. The highest BCUT2D eigenvalue weighted by Gasteiger charge is 2.17. The monoisotopic (exact) mass is 277 g/mol. The summed E-state index contributed by atoms with van der Waals surface area (Å²) in [5.74, 6) is 1.28. The van der Waals surface area contributed by atoms with Crippen molar-refractivity contribution in [2.45, 2.75) is 19.9 Å². The lowest BCUT2D eigenvalue weighted by molar-refractivity contribution is 0.101. The van der Waals surface area contributed by atoms with Gasteiger partial charge in [-0.15, -0.1) is 0 Å². The molecule has 0 spiro atoms. The number of aliphatic hydroxyl groups excluding tert-OH is 1. The molecule has 0 aliphatic heterocycles. The van der Waals surface area contributed by atoms with Gasteiger partial charge in [0.1, 0.15) is 11.5 Å². The van der Waals surface area contributed by atoms with Crippen LogP contribution in [0.15, 0.2) is 18.3 Å². The lowest BCUT2D eigenvalue weighted by Crippen LogP contribution is -1.99. The molecule has 0 bridgehead atoms. The van der Waals surface area contributed by atoms with Crippen molar-refractivity contribution in [3.63, 3.8) is 0 Å². The van der Waals surface area contributed by atoms with Gasteiger partial charge in [-0.1, -0.05) is 0 Å². The number of Topliss-reactive ketones (excluding diaryl/α,β-unsaturated/α-hetero) is 1. The molecule has 0 saturated heterocycles. The van der Waals surface area contributed by atoms with Crippen molar-refractivity contribution in [2.24, 2.45) is 0 Å². The van der Waals surface area contributed by atoms with Crippen molar-refractivity contribution in [1.29, 1.82) is 0 Å². The zero-order valence-corrected chi connectivity index (χ0v) is 12.0. The predicted molar refractivity (Wildman–Crippen MR) is 76.7 cm³/mol. The minimum absolute atomic E-state index is 0.0128. The van der Waals surface area contributed by atoms with Gasteiger partial charge in [-0.3, -0.25) is 4.79 Å².